The number of alkyl halides is 3. The van der Waals surface area contributed by atoms with Crippen LogP contribution < -0.4 is 16.8 Å². The maximum atomic E-state index is 12.2. The number of oxime groups is 1. The number of hydrogen-bond acceptors (Lipinski definition) is 10. The highest BCUT2D eigenvalue weighted by atomic mass is 19.4. The predicted octanol–water partition coefficient (Wildman–Crippen LogP) is 9.12. The van der Waals surface area contributed by atoms with E-state index in [9.17, 15) is 22.8 Å². The number of rotatable bonds is 13. The third-order valence-corrected chi connectivity index (χ3v) is 11.1. The second-order valence-corrected chi connectivity index (χ2v) is 15.6. The summed E-state index contributed by atoms with van der Waals surface area (Å²) in [7, 11) is 0. The lowest BCUT2D eigenvalue weighted by molar-refractivity contribution is -0.174. The van der Waals surface area contributed by atoms with Gasteiger partial charge in [-0.05, 0) is 55.1 Å². The van der Waals surface area contributed by atoms with Gasteiger partial charge in [0.05, 0.1) is 6.04 Å². The molecule has 2 aliphatic carbocycles. The van der Waals surface area contributed by atoms with Gasteiger partial charge in [0.25, 0.3) is 0 Å². The van der Waals surface area contributed by atoms with Crippen molar-refractivity contribution < 1.29 is 47.4 Å². The van der Waals surface area contributed by atoms with E-state index in [0.29, 0.717) is 35.7 Å². The number of aryl methyl sites for hydroxylation is 1. The van der Waals surface area contributed by atoms with E-state index in [1.807, 2.05) is 17.4 Å². The van der Waals surface area contributed by atoms with Gasteiger partial charge in [0.2, 0.25) is 11.7 Å². The molecule has 1 aromatic heterocycles. The first kappa shape index (κ1) is 49.8. The lowest BCUT2D eigenvalue weighted by atomic mass is 9.86. The van der Waals surface area contributed by atoms with Gasteiger partial charge in [0.1, 0.15) is 0 Å². The van der Waals surface area contributed by atoms with E-state index in [2.05, 4.69) is 34.4 Å². The average Bonchev–Trinajstić information content (AvgIpc) is 3.96. The molecule has 1 amide bonds. The summed E-state index contributed by atoms with van der Waals surface area (Å²) in [4.78, 5) is 25.7. The number of carboxylic acids is 1. The summed E-state index contributed by atoms with van der Waals surface area (Å²) < 4.78 is 46.7. The standard InChI is InChI=1S/C19H27N3O.C12H14F3N3O2.C9H16O2.C4H8O2/c1-2-17(20)15-9-11-16(12-10-15)19-21-18(23-22-19)13-8-14-6-4-3-5-7-14;1-2-9(17-11(19)12(13,14)15)7-3-5-8(6-4-7)10(16)18-20;10-9(11)7-6-8-4-2-1-3-5-8;5-4-2-1-3-6-4/h9-12,14,17H,2-8,13,20H2,1H3;3-6,9,20H,2H2,1H3,(H2,16,18)(H,17,19);8H,1-7H2,(H,10,11);4-5H,1-3H2/t17-;9-;;/m00../s1. The van der Waals surface area contributed by atoms with Gasteiger partial charge in [-0.25, -0.2) is 0 Å². The fraction of sp³-hybridized carbons (Fsp3) is 0.614. The summed E-state index contributed by atoms with van der Waals surface area (Å²) in [6.45, 7) is 4.48. The normalized spacial score (nSPS) is 18.4. The van der Waals surface area contributed by atoms with Crippen LogP contribution in [0.4, 0.5) is 13.2 Å². The zero-order valence-electron chi connectivity index (χ0n) is 35.0. The minimum absolute atomic E-state index is 0.0976. The molecule has 2 aromatic carbocycles. The first-order valence-electron chi connectivity index (χ1n) is 21.4. The third-order valence-electron chi connectivity index (χ3n) is 11.1. The summed E-state index contributed by atoms with van der Waals surface area (Å²) in [6.07, 6.45) is 14.4. The molecule has 16 heteroatoms. The molecule has 0 bridgehead atoms. The number of hydrogen-bond donors (Lipinski definition) is 6. The average molecular weight is 847 g/mol. The Morgan fingerprint density at radius 3 is 1.92 bits per heavy atom. The third kappa shape index (κ3) is 18.4. The lowest BCUT2D eigenvalue weighted by Gasteiger charge is -2.20. The smallest absolute Gasteiger partial charge is 0.471 e. The maximum Gasteiger partial charge on any atom is 0.471 e. The molecule has 3 atom stereocenters. The van der Waals surface area contributed by atoms with Gasteiger partial charge in [0.15, 0.2) is 12.1 Å². The van der Waals surface area contributed by atoms with Crippen LogP contribution in [0.3, 0.4) is 0 Å². The fourth-order valence-corrected chi connectivity index (χ4v) is 7.36. The molecule has 334 valence electrons. The number of benzene rings is 2. The highest BCUT2D eigenvalue weighted by molar-refractivity contribution is 5.97. The molecule has 1 unspecified atom stereocenters. The van der Waals surface area contributed by atoms with Crippen LogP contribution in [-0.4, -0.2) is 62.3 Å². The van der Waals surface area contributed by atoms with Gasteiger partial charge in [-0.2, -0.15) is 18.2 Å². The van der Waals surface area contributed by atoms with Crippen LogP contribution in [0.5, 0.6) is 0 Å². The molecule has 0 spiro atoms. The quantitative estimate of drug-likeness (QED) is 0.0412. The van der Waals surface area contributed by atoms with Crippen LogP contribution in [0.1, 0.15) is 158 Å². The van der Waals surface area contributed by atoms with Crippen molar-refractivity contribution in [2.24, 2.45) is 28.5 Å². The molecule has 2 heterocycles. The first-order valence-corrected chi connectivity index (χ1v) is 21.4. The molecule has 3 aliphatic rings. The molecule has 60 heavy (non-hydrogen) atoms. The molecule has 3 fully saturated rings. The number of amidine groups is 1. The van der Waals surface area contributed by atoms with Crippen LogP contribution in [0, 0.1) is 11.8 Å². The molecule has 2 saturated carbocycles. The Bertz CT molecular complexity index is 1690. The highest BCUT2D eigenvalue weighted by Gasteiger charge is 2.39. The predicted molar refractivity (Wildman–Crippen MR) is 223 cm³/mol. The van der Waals surface area contributed by atoms with E-state index in [-0.39, 0.29) is 11.9 Å². The zero-order valence-corrected chi connectivity index (χ0v) is 35.0. The summed E-state index contributed by atoms with van der Waals surface area (Å²) in [5.41, 5.74) is 14.5. The summed E-state index contributed by atoms with van der Waals surface area (Å²) in [5, 5.41) is 34.3. The molecular weight excluding hydrogens is 782 g/mol. The highest BCUT2D eigenvalue weighted by Crippen LogP contribution is 2.29. The number of carbonyl (C=O) groups excluding carboxylic acids is 1. The summed E-state index contributed by atoms with van der Waals surface area (Å²) >= 11 is 0. The Morgan fingerprint density at radius 2 is 1.45 bits per heavy atom. The number of amides is 1. The monoisotopic (exact) mass is 846 g/mol. The SMILES string of the molecule is CC[C@H](N)c1ccc(-c2noc(CCC3CCCCC3)n2)cc1.CC[C@H](NC(=O)C(F)(F)F)c1ccc(/C(N)=N/O)cc1.O=C(O)CCC1CCCCC1.OC1CCCO1. The van der Waals surface area contributed by atoms with Crippen molar-refractivity contribution in [2.45, 2.75) is 154 Å². The number of aliphatic hydroxyl groups is 1. The lowest BCUT2D eigenvalue weighted by Crippen LogP contribution is -2.39. The topological polar surface area (TPSA) is 219 Å². The van der Waals surface area contributed by atoms with Crippen LogP contribution in [0.2, 0.25) is 0 Å². The van der Waals surface area contributed by atoms with E-state index in [1.165, 1.54) is 94.9 Å². The van der Waals surface area contributed by atoms with Crippen molar-refractivity contribution >= 4 is 17.7 Å². The van der Waals surface area contributed by atoms with Crippen molar-refractivity contribution in [1.29, 1.82) is 0 Å². The van der Waals surface area contributed by atoms with Crippen molar-refractivity contribution in [3.05, 3.63) is 71.1 Å². The van der Waals surface area contributed by atoms with Gasteiger partial charge in [-0.15, -0.1) is 0 Å². The number of ether oxygens (including phenoxy) is 1. The van der Waals surface area contributed by atoms with E-state index < -0.39 is 30.4 Å². The van der Waals surface area contributed by atoms with Crippen LogP contribution in [0.25, 0.3) is 11.4 Å². The molecule has 1 aliphatic heterocycles. The van der Waals surface area contributed by atoms with Crippen LogP contribution in [0.15, 0.2) is 58.2 Å². The molecular formula is C44H65F3N6O7. The van der Waals surface area contributed by atoms with E-state index >= 15 is 0 Å². The van der Waals surface area contributed by atoms with E-state index in [4.69, 9.17) is 36.1 Å². The van der Waals surface area contributed by atoms with Crippen molar-refractivity contribution in [2.75, 3.05) is 6.61 Å². The Kier molecular flexibility index (Phi) is 22.1. The second kappa shape index (κ2) is 26.6. The molecule has 6 rings (SSSR count). The van der Waals surface area contributed by atoms with Crippen LogP contribution in [-0.2, 0) is 20.7 Å². The number of nitrogens with one attached hydrogen (secondary N) is 1. The number of nitrogens with zero attached hydrogens (tertiary/aromatic N) is 3. The van der Waals surface area contributed by atoms with Crippen LogP contribution >= 0.6 is 0 Å². The van der Waals surface area contributed by atoms with Gasteiger partial charge < -0.3 is 41.5 Å². The number of aliphatic carboxylic acids is 1. The number of aromatic nitrogens is 2. The Morgan fingerprint density at radius 1 is 0.867 bits per heavy atom. The molecule has 1 saturated heterocycles. The van der Waals surface area contributed by atoms with Gasteiger partial charge in [-0.3, -0.25) is 9.59 Å². The van der Waals surface area contributed by atoms with E-state index in [1.54, 1.807) is 6.92 Å². The Hall–Kier alpha value is -4.54. The second-order valence-electron chi connectivity index (χ2n) is 15.6. The van der Waals surface area contributed by atoms with Gasteiger partial charge >= 0.3 is 18.1 Å². The van der Waals surface area contributed by atoms with Crippen molar-refractivity contribution in [3.8, 4) is 11.4 Å². The minimum atomic E-state index is -4.92. The number of carboxylic acid groups (broad SMARTS) is 1. The van der Waals surface area contributed by atoms with Gasteiger partial charge in [0, 0.05) is 43.0 Å². The zero-order chi connectivity index (χ0) is 43.9. The van der Waals surface area contributed by atoms with Gasteiger partial charge in [-0.1, -0.05) is 137 Å². The Labute approximate surface area is 351 Å². The summed E-state index contributed by atoms with van der Waals surface area (Å²) in [6, 6.07) is 13.5. The number of carbonyl (C=O) groups is 2. The van der Waals surface area contributed by atoms with Crippen molar-refractivity contribution in [1.82, 2.24) is 15.5 Å². The molecule has 8 N–H and O–H groups in total. The largest absolute Gasteiger partial charge is 0.481 e. The minimum Gasteiger partial charge on any atom is -0.481 e. The maximum absolute atomic E-state index is 12.2. The fourth-order valence-electron chi connectivity index (χ4n) is 7.36. The number of halogens is 3. The molecule has 13 nitrogen and oxygen atoms in total. The number of nitrogens with two attached hydrogens (primary N) is 2. The Balaban J connectivity index is 0.000000234. The van der Waals surface area contributed by atoms with E-state index in [0.717, 1.165) is 61.6 Å². The molecule has 3 aromatic rings. The van der Waals surface area contributed by atoms with Crippen molar-refractivity contribution in [3.63, 3.8) is 0 Å². The first-order chi connectivity index (χ1) is 28.7. The number of aliphatic hydroxyl groups excluding tert-OH is 1. The molecule has 0 radical (unpaired) electrons. The summed E-state index contributed by atoms with van der Waals surface area (Å²) in [5.74, 6) is 0.262.